The van der Waals surface area contributed by atoms with Crippen molar-refractivity contribution in [3.8, 4) is 28.7 Å². The third-order valence-corrected chi connectivity index (χ3v) is 18.1. The number of carbonyl (C=O) groups is 3. The molecular formula is C74H102O8. The predicted octanol–water partition coefficient (Wildman–Crippen LogP) is 19.2. The molecule has 2 atom stereocenters. The average Bonchev–Trinajstić information content (AvgIpc) is 3.48. The normalized spacial score (nSPS) is 14.8. The van der Waals surface area contributed by atoms with Crippen molar-refractivity contribution in [3.05, 3.63) is 158 Å². The summed E-state index contributed by atoms with van der Waals surface area (Å²) in [4.78, 5) is 40.0. The predicted molar refractivity (Wildman–Crippen MR) is 339 cm³/mol. The van der Waals surface area contributed by atoms with Gasteiger partial charge >= 0.3 is 17.9 Å². The Morgan fingerprint density at radius 2 is 0.963 bits per heavy atom. The first-order valence-corrected chi connectivity index (χ1v) is 29.9. The second-order valence-electron chi connectivity index (χ2n) is 29.9. The summed E-state index contributed by atoms with van der Waals surface area (Å²) in [5, 5.41) is 23.0. The average molecular weight is 1120 g/mol. The molecule has 0 saturated carbocycles. The van der Waals surface area contributed by atoms with Crippen molar-refractivity contribution in [2.45, 2.75) is 254 Å². The fourth-order valence-corrected chi connectivity index (χ4v) is 10.3. The summed E-state index contributed by atoms with van der Waals surface area (Å²) in [5.74, 6) is -0.397. The van der Waals surface area contributed by atoms with Crippen LogP contribution < -0.4 is 14.2 Å². The van der Waals surface area contributed by atoms with E-state index in [1.54, 1.807) is 18.2 Å². The van der Waals surface area contributed by atoms with Crippen LogP contribution in [0.1, 0.15) is 288 Å². The van der Waals surface area contributed by atoms with Crippen LogP contribution in [0.4, 0.5) is 0 Å². The van der Waals surface area contributed by atoms with E-state index >= 15 is 0 Å². The maximum atomic E-state index is 13.8. The van der Waals surface area contributed by atoms with Gasteiger partial charge in [0.1, 0.15) is 34.7 Å². The third-order valence-electron chi connectivity index (χ3n) is 18.1. The van der Waals surface area contributed by atoms with Crippen molar-refractivity contribution in [1.29, 1.82) is 0 Å². The number of carbonyl (C=O) groups excluding carboxylic acids is 3. The summed E-state index contributed by atoms with van der Waals surface area (Å²) in [7, 11) is 0. The van der Waals surface area contributed by atoms with Crippen LogP contribution in [0.5, 0.6) is 28.7 Å². The zero-order valence-corrected chi connectivity index (χ0v) is 55.0. The van der Waals surface area contributed by atoms with Crippen molar-refractivity contribution in [2.24, 2.45) is 0 Å². The summed E-state index contributed by atoms with van der Waals surface area (Å²) in [6.07, 6.45) is 4.97. The summed E-state index contributed by atoms with van der Waals surface area (Å²) in [5.41, 5.74) is 9.70. The van der Waals surface area contributed by atoms with Crippen LogP contribution in [-0.2, 0) is 52.9 Å². The van der Waals surface area contributed by atoms with Gasteiger partial charge in [-0.1, -0.05) is 228 Å². The molecule has 1 aliphatic rings. The lowest BCUT2D eigenvalue weighted by molar-refractivity contribution is -0.133. The van der Waals surface area contributed by atoms with E-state index in [2.05, 4.69) is 162 Å². The molecule has 6 rings (SSSR count). The second-order valence-corrected chi connectivity index (χ2v) is 29.9. The zero-order valence-electron chi connectivity index (χ0n) is 55.0. The number of fused-ring (bicyclic) bond motifs is 1. The van der Waals surface area contributed by atoms with Crippen molar-refractivity contribution in [3.63, 3.8) is 0 Å². The molecule has 0 saturated heterocycles. The molecule has 2 N–H and O–H groups in total. The molecule has 0 spiro atoms. The third kappa shape index (κ3) is 14.2. The van der Waals surface area contributed by atoms with Gasteiger partial charge in [0.25, 0.3) is 0 Å². The highest BCUT2D eigenvalue weighted by atomic mass is 16.5. The largest absolute Gasteiger partial charge is 0.507 e. The summed E-state index contributed by atoms with van der Waals surface area (Å²) in [6.45, 7) is 57.1. The van der Waals surface area contributed by atoms with E-state index in [1.165, 1.54) is 17.2 Å². The number of phenols is 2. The Balaban J connectivity index is 0.000000301. The van der Waals surface area contributed by atoms with Crippen LogP contribution in [0, 0.1) is 0 Å². The highest BCUT2D eigenvalue weighted by Gasteiger charge is 2.40. The molecule has 5 aromatic rings. The minimum absolute atomic E-state index is 0.0553. The van der Waals surface area contributed by atoms with Crippen molar-refractivity contribution >= 4 is 17.9 Å². The Hall–Kier alpha value is -6.15. The fourth-order valence-electron chi connectivity index (χ4n) is 10.3. The van der Waals surface area contributed by atoms with Crippen LogP contribution >= 0.6 is 0 Å². The van der Waals surface area contributed by atoms with Gasteiger partial charge in [-0.15, -0.1) is 0 Å². The quantitative estimate of drug-likeness (QED) is 0.0604. The Morgan fingerprint density at radius 1 is 0.524 bits per heavy atom. The Labute approximate surface area is 494 Å². The lowest BCUT2D eigenvalue weighted by Crippen LogP contribution is -2.24. The molecule has 0 radical (unpaired) electrons. The number of phenolic OH excluding ortho intramolecular Hbond substituents is 2. The van der Waals surface area contributed by atoms with E-state index in [-0.39, 0.29) is 44.2 Å². The molecule has 8 nitrogen and oxygen atoms in total. The highest BCUT2D eigenvalue weighted by Crippen LogP contribution is 2.50. The summed E-state index contributed by atoms with van der Waals surface area (Å²) in [6, 6.07) is 23.8. The second kappa shape index (κ2) is 23.8. The van der Waals surface area contributed by atoms with Gasteiger partial charge < -0.3 is 24.4 Å². The Bertz CT molecular complexity index is 3170. The van der Waals surface area contributed by atoms with Crippen molar-refractivity contribution < 1.29 is 38.8 Å². The molecule has 1 aliphatic heterocycles. The van der Waals surface area contributed by atoms with Gasteiger partial charge in [-0.2, -0.15) is 0 Å². The summed E-state index contributed by atoms with van der Waals surface area (Å²) < 4.78 is 17.9. The Morgan fingerprint density at radius 3 is 1.41 bits per heavy atom. The van der Waals surface area contributed by atoms with Crippen LogP contribution in [0.3, 0.4) is 0 Å². The van der Waals surface area contributed by atoms with Gasteiger partial charge in [-0.05, 0) is 116 Å². The molecule has 0 fully saturated rings. The smallest absolute Gasteiger partial charge is 0.343 e. The molecule has 0 aromatic heterocycles. The van der Waals surface area contributed by atoms with E-state index in [0.717, 1.165) is 64.6 Å². The molecule has 0 bridgehead atoms. The standard InChI is InChI=1S/C37H46O5.C37H56O3/c1-34(2,3)22-13-15-28(24(19-22)30-25-20-23(35(4,5)6)14-16-29(25)42-33(30)40)41-32(39)21-17-26(36(7,8)9)31(38)27(18-21)37(10,11)12;1-15-31(38)40-33-28(21-26(35(9,10)17-3)23-30(33)37(13,14)19-5)24(6)27-20-25(34(7,8)16-2)22-29(32(27)39)36(11,12)18-4/h13-20,30,38H,1-12H3;15,20-24,39H,1,16-19H2,2-14H3. The summed E-state index contributed by atoms with van der Waals surface area (Å²) >= 11 is 0. The van der Waals surface area contributed by atoms with E-state index in [4.69, 9.17) is 14.2 Å². The Kier molecular flexibility index (Phi) is 19.4. The highest BCUT2D eigenvalue weighted by molar-refractivity contribution is 5.94. The first kappa shape index (κ1) is 66.6. The maximum absolute atomic E-state index is 13.8. The number of benzene rings is 5. The lowest BCUT2D eigenvalue weighted by atomic mass is 9.71. The SMILES string of the molecule is C=CC(=O)Oc1c(C(C)c2cc(C(C)(C)CC)cc(C(C)(C)CC)c2O)cc(C(C)(C)CC)cc1C(C)(C)CC.CC(C)(C)c1ccc(OC(=O)c2cc(C(C)(C)C)c(O)c(C(C)(C)C)c2)c(C2C(=O)Oc3ccc(C(C)(C)C)cc32)c1. The van der Waals surface area contributed by atoms with Gasteiger partial charge in [0.05, 0.1) is 5.56 Å². The molecule has 5 aromatic carbocycles. The number of aromatic hydroxyl groups is 2. The number of esters is 3. The van der Waals surface area contributed by atoms with E-state index < -0.39 is 34.7 Å². The topological polar surface area (TPSA) is 119 Å². The first-order valence-electron chi connectivity index (χ1n) is 29.9. The monoisotopic (exact) mass is 1120 g/mol. The number of ether oxygens (including phenoxy) is 3. The fraction of sp³-hybridized carbons (Fsp3) is 0.527. The van der Waals surface area contributed by atoms with Crippen molar-refractivity contribution in [2.75, 3.05) is 0 Å². The molecule has 8 heteroatoms. The molecule has 2 unspecified atom stereocenters. The van der Waals surface area contributed by atoms with Gasteiger partial charge in [0.15, 0.2) is 0 Å². The van der Waals surface area contributed by atoms with Crippen LogP contribution in [-0.4, -0.2) is 28.1 Å². The van der Waals surface area contributed by atoms with E-state index in [9.17, 15) is 24.6 Å². The molecule has 446 valence electrons. The van der Waals surface area contributed by atoms with Crippen LogP contribution in [0.15, 0.2) is 85.5 Å². The minimum atomic E-state index is -0.734. The number of hydrogen-bond donors (Lipinski definition) is 2. The zero-order chi connectivity index (χ0) is 62.4. The van der Waals surface area contributed by atoms with Gasteiger partial charge in [0.2, 0.25) is 0 Å². The van der Waals surface area contributed by atoms with E-state index in [0.29, 0.717) is 45.3 Å². The van der Waals surface area contributed by atoms with Gasteiger partial charge in [0, 0.05) is 56.5 Å². The number of rotatable bonds is 15. The molecular weight excluding hydrogens is 1020 g/mol. The van der Waals surface area contributed by atoms with Gasteiger partial charge in [-0.3, -0.25) is 4.79 Å². The molecule has 1 heterocycles. The molecule has 82 heavy (non-hydrogen) atoms. The van der Waals surface area contributed by atoms with Crippen LogP contribution in [0.2, 0.25) is 0 Å². The maximum Gasteiger partial charge on any atom is 0.343 e. The minimum Gasteiger partial charge on any atom is -0.507 e. The first-order chi connectivity index (χ1) is 37.4. The van der Waals surface area contributed by atoms with Crippen LogP contribution in [0.25, 0.3) is 0 Å². The number of hydrogen-bond acceptors (Lipinski definition) is 8. The van der Waals surface area contributed by atoms with E-state index in [1.807, 2.05) is 71.9 Å². The van der Waals surface area contributed by atoms with Gasteiger partial charge in [-0.25, -0.2) is 9.59 Å². The van der Waals surface area contributed by atoms with Crippen molar-refractivity contribution in [1.82, 2.24) is 0 Å². The molecule has 0 amide bonds. The molecule has 0 aliphatic carbocycles. The lowest BCUT2D eigenvalue weighted by Gasteiger charge is -2.34.